The van der Waals surface area contributed by atoms with E-state index in [0.717, 1.165) is 36.8 Å². The van der Waals surface area contributed by atoms with E-state index in [2.05, 4.69) is 5.32 Å². The SMILES string of the molecule is ClCC1CCCC1CNCCCCC1CCOCC1. The van der Waals surface area contributed by atoms with Gasteiger partial charge in [-0.1, -0.05) is 19.3 Å². The topological polar surface area (TPSA) is 21.3 Å². The van der Waals surface area contributed by atoms with Crippen molar-refractivity contribution < 1.29 is 4.74 Å². The number of hydrogen-bond acceptors (Lipinski definition) is 2. The predicted molar refractivity (Wildman–Crippen MR) is 81.8 cm³/mol. The molecule has 2 aliphatic rings. The molecule has 0 amide bonds. The first-order valence-electron chi connectivity index (χ1n) is 8.24. The average molecular weight is 288 g/mol. The zero-order valence-corrected chi connectivity index (χ0v) is 13.0. The lowest BCUT2D eigenvalue weighted by Crippen LogP contribution is -2.26. The monoisotopic (exact) mass is 287 g/mol. The quantitative estimate of drug-likeness (QED) is 0.541. The van der Waals surface area contributed by atoms with Crippen LogP contribution in [0.1, 0.15) is 51.4 Å². The van der Waals surface area contributed by atoms with Crippen molar-refractivity contribution >= 4 is 11.6 Å². The molecule has 0 aromatic rings. The normalized spacial score (nSPS) is 28.9. The van der Waals surface area contributed by atoms with Crippen molar-refractivity contribution in [1.82, 2.24) is 5.32 Å². The summed E-state index contributed by atoms with van der Waals surface area (Å²) in [5.74, 6) is 3.41. The van der Waals surface area contributed by atoms with E-state index in [4.69, 9.17) is 16.3 Å². The van der Waals surface area contributed by atoms with Crippen molar-refractivity contribution in [1.29, 1.82) is 0 Å². The summed E-state index contributed by atoms with van der Waals surface area (Å²) in [4.78, 5) is 0. The van der Waals surface area contributed by atoms with E-state index in [1.165, 1.54) is 64.5 Å². The van der Waals surface area contributed by atoms with Crippen LogP contribution in [-0.4, -0.2) is 32.2 Å². The third-order valence-electron chi connectivity index (χ3n) is 4.98. The minimum atomic E-state index is 0.774. The van der Waals surface area contributed by atoms with Crippen LogP contribution in [-0.2, 0) is 4.74 Å². The van der Waals surface area contributed by atoms with Crippen LogP contribution in [0.2, 0.25) is 0 Å². The van der Waals surface area contributed by atoms with Gasteiger partial charge in [0.25, 0.3) is 0 Å². The largest absolute Gasteiger partial charge is 0.381 e. The Morgan fingerprint density at radius 1 is 1.00 bits per heavy atom. The summed E-state index contributed by atoms with van der Waals surface area (Å²) in [6.07, 6.45) is 10.8. The molecule has 1 aliphatic heterocycles. The van der Waals surface area contributed by atoms with Gasteiger partial charge in [-0.2, -0.15) is 0 Å². The van der Waals surface area contributed by atoms with E-state index >= 15 is 0 Å². The number of alkyl halides is 1. The molecule has 2 atom stereocenters. The smallest absolute Gasteiger partial charge is 0.0468 e. The molecule has 2 rings (SSSR count). The van der Waals surface area contributed by atoms with Gasteiger partial charge in [-0.3, -0.25) is 0 Å². The highest BCUT2D eigenvalue weighted by Crippen LogP contribution is 2.31. The van der Waals surface area contributed by atoms with Crippen molar-refractivity contribution in [2.75, 3.05) is 32.2 Å². The Morgan fingerprint density at radius 2 is 1.79 bits per heavy atom. The van der Waals surface area contributed by atoms with Crippen LogP contribution < -0.4 is 5.32 Å². The lowest BCUT2D eigenvalue weighted by molar-refractivity contribution is 0.0631. The summed E-state index contributed by atoms with van der Waals surface area (Å²) in [6.45, 7) is 4.36. The number of ether oxygens (including phenoxy) is 1. The molecule has 2 fully saturated rings. The summed E-state index contributed by atoms with van der Waals surface area (Å²) in [7, 11) is 0. The molecule has 1 saturated heterocycles. The van der Waals surface area contributed by atoms with Crippen LogP contribution >= 0.6 is 11.6 Å². The van der Waals surface area contributed by atoms with E-state index in [-0.39, 0.29) is 0 Å². The lowest BCUT2D eigenvalue weighted by Gasteiger charge is -2.22. The van der Waals surface area contributed by atoms with Gasteiger partial charge in [-0.15, -0.1) is 11.6 Å². The molecule has 0 aromatic carbocycles. The highest BCUT2D eigenvalue weighted by molar-refractivity contribution is 6.18. The summed E-state index contributed by atoms with van der Waals surface area (Å²) < 4.78 is 5.40. The van der Waals surface area contributed by atoms with E-state index in [9.17, 15) is 0 Å². The third kappa shape index (κ3) is 5.61. The molecule has 19 heavy (non-hydrogen) atoms. The maximum absolute atomic E-state index is 6.01. The minimum absolute atomic E-state index is 0.774. The van der Waals surface area contributed by atoms with Gasteiger partial charge in [0.15, 0.2) is 0 Å². The molecular weight excluding hydrogens is 258 g/mol. The number of unbranched alkanes of at least 4 members (excludes halogenated alkanes) is 1. The standard InChI is InChI=1S/C16H30ClNO/c17-12-15-5-3-6-16(15)13-18-9-2-1-4-14-7-10-19-11-8-14/h14-16,18H,1-13H2. The maximum atomic E-state index is 6.01. The van der Waals surface area contributed by atoms with Gasteiger partial charge in [0.05, 0.1) is 0 Å². The zero-order chi connectivity index (χ0) is 13.3. The van der Waals surface area contributed by atoms with Gasteiger partial charge in [0.2, 0.25) is 0 Å². The number of nitrogens with one attached hydrogen (secondary N) is 1. The molecule has 0 aromatic heterocycles. The van der Waals surface area contributed by atoms with E-state index < -0.39 is 0 Å². The Balaban J connectivity index is 1.43. The molecule has 2 unspecified atom stereocenters. The molecule has 2 nitrogen and oxygen atoms in total. The van der Waals surface area contributed by atoms with E-state index in [0.29, 0.717) is 0 Å². The van der Waals surface area contributed by atoms with E-state index in [1.807, 2.05) is 0 Å². The molecule has 0 radical (unpaired) electrons. The number of hydrogen-bond donors (Lipinski definition) is 1. The number of halogens is 1. The zero-order valence-electron chi connectivity index (χ0n) is 12.2. The maximum Gasteiger partial charge on any atom is 0.0468 e. The first-order valence-corrected chi connectivity index (χ1v) is 8.78. The molecule has 112 valence electrons. The van der Waals surface area contributed by atoms with Crippen LogP contribution in [0.4, 0.5) is 0 Å². The van der Waals surface area contributed by atoms with Crippen molar-refractivity contribution in [3.63, 3.8) is 0 Å². The van der Waals surface area contributed by atoms with Crippen LogP contribution in [0.15, 0.2) is 0 Å². The van der Waals surface area contributed by atoms with Crippen LogP contribution in [0.5, 0.6) is 0 Å². The third-order valence-corrected chi connectivity index (χ3v) is 5.37. The second kappa shape index (κ2) is 9.20. The van der Waals surface area contributed by atoms with Crippen LogP contribution in [0, 0.1) is 17.8 Å². The van der Waals surface area contributed by atoms with E-state index in [1.54, 1.807) is 0 Å². The van der Waals surface area contributed by atoms with Gasteiger partial charge >= 0.3 is 0 Å². The molecule has 1 aliphatic carbocycles. The summed E-state index contributed by atoms with van der Waals surface area (Å²) in [5, 5.41) is 3.65. The molecule has 3 heteroatoms. The second-order valence-electron chi connectivity index (χ2n) is 6.36. The fourth-order valence-corrected chi connectivity index (χ4v) is 4.00. The highest BCUT2D eigenvalue weighted by atomic mass is 35.5. The van der Waals surface area contributed by atoms with Crippen LogP contribution in [0.25, 0.3) is 0 Å². The molecule has 0 spiro atoms. The highest BCUT2D eigenvalue weighted by Gasteiger charge is 2.25. The molecule has 1 saturated carbocycles. The average Bonchev–Trinajstić information content (AvgIpc) is 2.91. The Kier molecular flexibility index (Phi) is 7.55. The van der Waals surface area contributed by atoms with Gasteiger partial charge in [-0.25, -0.2) is 0 Å². The van der Waals surface area contributed by atoms with Gasteiger partial charge in [0.1, 0.15) is 0 Å². The first kappa shape index (κ1) is 15.6. The fourth-order valence-electron chi connectivity index (χ4n) is 3.59. The second-order valence-corrected chi connectivity index (χ2v) is 6.67. The Morgan fingerprint density at radius 3 is 2.58 bits per heavy atom. The Bertz CT molecular complexity index is 231. The molecule has 1 N–H and O–H groups in total. The molecule has 1 heterocycles. The fraction of sp³-hybridized carbons (Fsp3) is 1.00. The predicted octanol–water partition coefficient (Wildman–Crippen LogP) is 3.83. The van der Waals surface area contributed by atoms with Gasteiger partial charge in [0, 0.05) is 19.1 Å². The Hall–Kier alpha value is 0.210. The Labute approximate surface area is 123 Å². The minimum Gasteiger partial charge on any atom is -0.381 e. The number of rotatable bonds is 8. The van der Waals surface area contributed by atoms with Crippen LogP contribution in [0.3, 0.4) is 0 Å². The summed E-state index contributed by atoms with van der Waals surface area (Å²) in [5.41, 5.74) is 0. The molecular formula is C16H30ClNO. The van der Waals surface area contributed by atoms with Gasteiger partial charge < -0.3 is 10.1 Å². The van der Waals surface area contributed by atoms with Gasteiger partial charge in [-0.05, 0) is 62.9 Å². The van der Waals surface area contributed by atoms with Crippen molar-refractivity contribution in [2.45, 2.75) is 51.4 Å². The van der Waals surface area contributed by atoms with Crippen molar-refractivity contribution in [2.24, 2.45) is 17.8 Å². The summed E-state index contributed by atoms with van der Waals surface area (Å²) >= 11 is 6.01. The first-order chi connectivity index (χ1) is 9.40. The van der Waals surface area contributed by atoms with Crippen molar-refractivity contribution in [3.05, 3.63) is 0 Å². The lowest BCUT2D eigenvalue weighted by atomic mass is 9.94. The van der Waals surface area contributed by atoms with Crippen molar-refractivity contribution in [3.8, 4) is 0 Å². The molecule has 0 bridgehead atoms. The summed E-state index contributed by atoms with van der Waals surface area (Å²) in [6, 6.07) is 0.